The number of nitrogens with one attached hydrogen (secondary N) is 1. The Labute approximate surface area is 326 Å². The topological polar surface area (TPSA) is 68.0 Å². The Morgan fingerprint density at radius 1 is 0.456 bits per heavy atom. The molecule has 11 aromatic rings. The van der Waals surface area contributed by atoms with Crippen molar-refractivity contribution in [1.29, 1.82) is 0 Å². The summed E-state index contributed by atoms with van der Waals surface area (Å²) in [5, 5.41) is 10.3. The van der Waals surface area contributed by atoms with Crippen LogP contribution in [0, 0.1) is 0 Å². The van der Waals surface area contributed by atoms with Crippen molar-refractivity contribution < 1.29 is 8.83 Å². The number of amidine groups is 2. The molecule has 3 aromatic heterocycles. The third-order valence-corrected chi connectivity index (χ3v) is 11.3. The molecule has 0 saturated heterocycles. The normalized spacial score (nSPS) is 14.5. The Morgan fingerprint density at radius 2 is 1.05 bits per heavy atom. The van der Waals surface area contributed by atoms with E-state index in [1.54, 1.807) is 0 Å². The van der Waals surface area contributed by atoms with Crippen LogP contribution >= 0.6 is 0 Å². The van der Waals surface area contributed by atoms with Gasteiger partial charge >= 0.3 is 0 Å². The summed E-state index contributed by atoms with van der Waals surface area (Å²) in [7, 11) is 0. The van der Waals surface area contributed by atoms with Gasteiger partial charge in [-0.2, -0.15) is 0 Å². The fourth-order valence-electron chi connectivity index (χ4n) is 8.62. The molecule has 1 aliphatic heterocycles. The van der Waals surface area contributed by atoms with Gasteiger partial charge in [0.2, 0.25) is 0 Å². The third kappa shape index (κ3) is 4.97. The summed E-state index contributed by atoms with van der Waals surface area (Å²) < 4.78 is 15.9. The van der Waals surface area contributed by atoms with Crippen LogP contribution in [-0.2, 0) is 0 Å². The molecule has 1 unspecified atom stereocenters. The molecular formula is C51H32N4O2. The van der Waals surface area contributed by atoms with Gasteiger partial charge in [-0.05, 0) is 42.0 Å². The maximum absolute atomic E-state index is 6.83. The lowest BCUT2D eigenvalue weighted by Crippen LogP contribution is -2.33. The molecule has 6 nitrogen and oxygen atoms in total. The van der Waals surface area contributed by atoms with Crippen molar-refractivity contribution >= 4 is 77.4 Å². The van der Waals surface area contributed by atoms with Crippen molar-refractivity contribution in [2.24, 2.45) is 9.98 Å². The first kappa shape index (κ1) is 31.6. The van der Waals surface area contributed by atoms with Crippen molar-refractivity contribution in [3.63, 3.8) is 0 Å². The molecule has 8 aromatic carbocycles. The molecule has 1 aliphatic rings. The molecule has 0 bridgehead atoms. The zero-order chi connectivity index (χ0) is 37.5. The quantitative estimate of drug-likeness (QED) is 0.192. The molecule has 57 heavy (non-hydrogen) atoms. The molecule has 4 heterocycles. The molecular weight excluding hydrogens is 701 g/mol. The van der Waals surface area contributed by atoms with Gasteiger partial charge in [0.05, 0.1) is 11.0 Å². The van der Waals surface area contributed by atoms with Crippen LogP contribution in [0.15, 0.2) is 201 Å². The van der Waals surface area contributed by atoms with Crippen molar-refractivity contribution in [1.82, 2.24) is 9.88 Å². The standard InChI is InChI=1S/C51H32N4O2/c1-3-13-31(14-4-1)49-52-50(32-15-5-2-6-16-32)54-51(53-49)33-25-28-45-42(29-33)41-22-12-21-40(48(41)56-45)39-20-11-19-38-37-27-26-34(30-46(37)57-47(38)39)55-43-23-9-7-17-35(43)36-18-8-10-24-44(36)55/h1-30,51H,(H,52,53,54). The predicted octanol–water partition coefficient (Wildman–Crippen LogP) is 12.7. The molecule has 0 aliphatic carbocycles. The average molecular weight is 733 g/mol. The first-order valence-electron chi connectivity index (χ1n) is 19.2. The molecule has 268 valence electrons. The molecule has 0 fully saturated rings. The lowest BCUT2D eigenvalue weighted by molar-refractivity contribution is 0.662. The highest BCUT2D eigenvalue weighted by atomic mass is 16.3. The van der Waals surface area contributed by atoms with Gasteiger partial charge in [0, 0.05) is 66.3 Å². The van der Waals surface area contributed by atoms with Crippen LogP contribution in [-0.4, -0.2) is 16.2 Å². The smallest absolute Gasteiger partial charge is 0.159 e. The maximum atomic E-state index is 6.83. The Kier molecular flexibility index (Phi) is 6.89. The van der Waals surface area contributed by atoms with Crippen LogP contribution in [0.2, 0.25) is 0 Å². The van der Waals surface area contributed by atoms with E-state index in [-0.39, 0.29) is 6.17 Å². The second-order valence-electron chi connectivity index (χ2n) is 14.6. The first-order chi connectivity index (χ1) is 28.2. The van der Waals surface area contributed by atoms with Gasteiger partial charge in [-0.15, -0.1) is 0 Å². The number of aliphatic imine (C=N–C) groups is 2. The lowest BCUT2D eigenvalue weighted by atomic mass is 9.99. The van der Waals surface area contributed by atoms with E-state index >= 15 is 0 Å². The van der Waals surface area contributed by atoms with Crippen LogP contribution in [0.5, 0.6) is 0 Å². The summed E-state index contributed by atoms with van der Waals surface area (Å²) in [5.41, 5.74) is 11.7. The van der Waals surface area contributed by atoms with E-state index < -0.39 is 0 Å². The van der Waals surface area contributed by atoms with Crippen LogP contribution in [0.4, 0.5) is 0 Å². The van der Waals surface area contributed by atoms with Crippen molar-refractivity contribution in [3.05, 3.63) is 199 Å². The van der Waals surface area contributed by atoms with Crippen LogP contribution in [0.25, 0.3) is 82.5 Å². The van der Waals surface area contributed by atoms with E-state index in [0.717, 1.165) is 83.2 Å². The number of furan rings is 2. The number of fused-ring (bicyclic) bond motifs is 9. The minimum Gasteiger partial charge on any atom is -0.455 e. The highest BCUT2D eigenvalue weighted by Crippen LogP contribution is 2.42. The fourth-order valence-corrected chi connectivity index (χ4v) is 8.62. The summed E-state index contributed by atoms with van der Waals surface area (Å²) >= 11 is 0. The Bertz CT molecular complexity index is 3390. The summed E-state index contributed by atoms with van der Waals surface area (Å²) in [4.78, 5) is 10.1. The number of hydrogen-bond acceptors (Lipinski definition) is 5. The van der Waals surface area contributed by atoms with Crippen molar-refractivity contribution in [2.45, 2.75) is 6.17 Å². The van der Waals surface area contributed by atoms with Crippen LogP contribution in [0.3, 0.4) is 0 Å². The van der Waals surface area contributed by atoms with E-state index in [9.17, 15) is 0 Å². The fraction of sp³-hybridized carbons (Fsp3) is 0.0196. The number of hydrogen-bond donors (Lipinski definition) is 1. The van der Waals surface area contributed by atoms with E-state index in [1.165, 1.54) is 21.8 Å². The number of rotatable bonds is 5. The first-order valence-corrected chi connectivity index (χ1v) is 19.2. The van der Waals surface area contributed by atoms with Gasteiger partial charge in [0.15, 0.2) is 5.84 Å². The molecule has 0 saturated carbocycles. The van der Waals surface area contributed by atoms with E-state index in [1.807, 2.05) is 36.4 Å². The molecule has 12 rings (SSSR count). The van der Waals surface area contributed by atoms with Gasteiger partial charge in [0.25, 0.3) is 0 Å². The number of nitrogens with zero attached hydrogens (tertiary/aromatic N) is 3. The predicted molar refractivity (Wildman–Crippen MR) is 233 cm³/mol. The second-order valence-corrected chi connectivity index (χ2v) is 14.6. The molecule has 0 amide bonds. The van der Waals surface area contributed by atoms with Gasteiger partial charge in [-0.3, -0.25) is 0 Å². The van der Waals surface area contributed by atoms with Gasteiger partial charge in [-0.1, -0.05) is 140 Å². The third-order valence-electron chi connectivity index (χ3n) is 11.3. The monoisotopic (exact) mass is 732 g/mol. The highest BCUT2D eigenvalue weighted by molar-refractivity contribution is 6.16. The minimum atomic E-state index is -0.345. The van der Waals surface area contributed by atoms with Crippen molar-refractivity contribution in [2.75, 3.05) is 0 Å². The van der Waals surface area contributed by atoms with Gasteiger partial charge < -0.3 is 18.7 Å². The SMILES string of the molecule is c1ccc(C2=NC(c3ccc4oc5c(-c6cccc7c6oc6cc(-n8c9ccccc9c9ccccc98)ccc67)cccc5c4c3)NC(c3ccccc3)=N2)cc1. The van der Waals surface area contributed by atoms with Crippen molar-refractivity contribution in [3.8, 4) is 16.8 Å². The number of benzene rings is 8. The Balaban J connectivity index is 0.971. The summed E-state index contributed by atoms with van der Waals surface area (Å²) in [6.07, 6.45) is -0.345. The van der Waals surface area contributed by atoms with E-state index in [2.05, 4.69) is 155 Å². The van der Waals surface area contributed by atoms with Gasteiger partial charge in [-0.25, -0.2) is 9.98 Å². The molecule has 1 N–H and O–H groups in total. The average Bonchev–Trinajstić information content (AvgIpc) is 3.96. The zero-order valence-corrected chi connectivity index (χ0v) is 30.6. The minimum absolute atomic E-state index is 0.345. The largest absolute Gasteiger partial charge is 0.455 e. The zero-order valence-electron chi connectivity index (χ0n) is 30.6. The molecule has 0 radical (unpaired) electrons. The molecule has 6 heteroatoms. The van der Waals surface area contributed by atoms with Gasteiger partial charge in [0.1, 0.15) is 34.3 Å². The van der Waals surface area contributed by atoms with E-state index in [4.69, 9.17) is 18.8 Å². The summed E-state index contributed by atoms with van der Waals surface area (Å²) in [6, 6.07) is 63.1. The lowest BCUT2D eigenvalue weighted by Gasteiger charge is -2.23. The van der Waals surface area contributed by atoms with Crippen LogP contribution in [0.1, 0.15) is 22.9 Å². The summed E-state index contributed by atoms with van der Waals surface area (Å²) in [6.45, 7) is 0. The maximum Gasteiger partial charge on any atom is 0.159 e. The highest BCUT2D eigenvalue weighted by Gasteiger charge is 2.23. The van der Waals surface area contributed by atoms with E-state index in [0.29, 0.717) is 5.84 Å². The second kappa shape index (κ2) is 12.4. The number of aromatic nitrogens is 1. The Morgan fingerprint density at radius 3 is 1.75 bits per heavy atom. The molecule has 0 spiro atoms. The number of para-hydroxylation sites is 4. The Hall–Kier alpha value is -7.70. The summed E-state index contributed by atoms with van der Waals surface area (Å²) in [5.74, 6) is 1.48. The van der Waals surface area contributed by atoms with Crippen LogP contribution < -0.4 is 5.32 Å². The molecule has 1 atom stereocenters.